The molecule has 0 fully saturated rings. The largest absolute Gasteiger partial charge is 0.480 e. The van der Waals surface area contributed by atoms with Gasteiger partial charge in [-0.05, 0) is 6.54 Å². The predicted octanol–water partition coefficient (Wildman–Crippen LogP) is -1.20. The molecule has 0 aliphatic carbocycles. The minimum absolute atomic E-state index is 0.166. The molecular formula is C6H11NO5. The van der Waals surface area contributed by atoms with E-state index in [0.29, 0.717) is 0 Å². The van der Waals surface area contributed by atoms with E-state index in [0.717, 1.165) is 4.90 Å². The fourth-order valence-corrected chi connectivity index (χ4v) is 0.701. The van der Waals surface area contributed by atoms with Gasteiger partial charge in [-0.1, -0.05) is 6.92 Å². The molecule has 1 atom stereocenters. The van der Waals surface area contributed by atoms with Crippen molar-refractivity contribution in [2.75, 3.05) is 13.1 Å². The topological polar surface area (TPSA) is 98.1 Å². The van der Waals surface area contributed by atoms with Crippen molar-refractivity contribution in [1.29, 1.82) is 0 Å². The molecule has 0 aliphatic heterocycles. The van der Waals surface area contributed by atoms with Crippen molar-refractivity contribution in [1.82, 2.24) is 4.90 Å². The molecule has 6 heteroatoms. The van der Waals surface area contributed by atoms with E-state index in [-0.39, 0.29) is 6.54 Å². The fraction of sp³-hybridized carbons (Fsp3) is 0.667. The first-order chi connectivity index (χ1) is 5.49. The van der Waals surface area contributed by atoms with Crippen LogP contribution in [0, 0.1) is 0 Å². The summed E-state index contributed by atoms with van der Waals surface area (Å²) in [5.74, 6) is -2.62. The molecule has 0 aromatic carbocycles. The van der Waals surface area contributed by atoms with E-state index in [2.05, 4.69) is 0 Å². The molecule has 0 spiro atoms. The highest BCUT2D eigenvalue weighted by Gasteiger charge is 2.22. The lowest BCUT2D eigenvalue weighted by Gasteiger charge is -2.20. The van der Waals surface area contributed by atoms with E-state index in [9.17, 15) is 9.59 Å². The van der Waals surface area contributed by atoms with Crippen LogP contribution in [-0.2, 0) is 9.59 Å². The summed E-state index contributed by atoms with van der Waals surface area (Å²) in [6, 6.07) is 0. The van der Waals surface area contributed by atoms with Crippen LogP contribution in [0.4, 0.5) is 0 Å². The van der Waals surface area contributed by atoms with E-state index in [4.69, 9.17) is 15.3 Å². The van der Waals surface area contributed by atoms with E-state index < -0.39 is 24.7 Å². The summed E-state index contributed by atoms with van der Waals surface area (Å²) in [6.45, 7) is 1.25. The van der Waals surface area contributed by atoms with Gasteiger partial charge in [0, 0.05) is 0 Å². The third-order valence-corrected chi connectivity index (χ3v) is 1.31. The van der Waals surface area contributed by atoms with Crippen molar-refractivity contribution in [2.24, 2.45) is 0 Å². The highest BCUT2D eigenvalue weighted by atomic mass is 16.4. The average molecular weight is 177 g/mol. The van der Waals surface area contributed by atoms with Crippen molar-refractivity contribution in [3.05, 3.63) is 0 Å². The van der Waals surface area contributed by atoms with Crippen LogP contribution in [0.2, 0.25) is 0 Å². The Morgan fingerprint density at radius 1 is 1.42 bits per heavy atom. The molecule has 12 heavy (non-hydrogen) atoms. The molecule has 0 bridgehead atoms. The smallest absolute Gasteiger partial charge is 0.348 e. The molecule has 70 valence electrons. The van der Waals surface area contributed by atoms with Crippen LogP contribution < -0.4 is 0 Å². The summed E-state index contributed by atoms with van der Waals surface area (Å²) in [7, 11) is 0. The number of carboxylic acid groups (broad SMARTS) is 2. The van der Waals surface area contributed by atoms with Crippen LogP contribution in [0.15, 0.2) is 0 Å². The number of aliphatic hydroxyl groups is 1. The quantitative estimate of drug-likeness (QED) is 0.456. The van der Waals surface area contributed by atoms with Crippen LogP contribution in [0.25, 0.3) is 0 Å². The Morgan fingerprint density at radius 2 is 1.92 bits per heavy atom. The highest BCUT2D eigenvalue weighted by molar-refractivity contribution is 5.74. The Kier molecular flexibility index (Phi) is 4.24. The van der Waals surface area contributed by atoms with Gasteiger partial charge in [-0.2, -0.15) is 0 Å². The number of hydrogen-bond acceptors (Lipinski definition) is 4. The van der Waals surface area contributed by atoms with Gasteiger partial charge in [0.25, 0.3) is 0 Å². The van der Waals surface area contributed by atoms with Gasteiger partial charge in [0.2, 0.25) is 6.23 Å². The zero-order valence-corrected chi connectivity index (χ0v) is 6.60. The monoisotopic (exact) mass is 177 g/mol. The van der Waals surface area contributed by atoms with Crippen molar-refractivity contribution in [3.63, 3.8) is 0 Å². The van der Waals surface area contributed by atoms with Gasteiger partial charge >= 0.3 is 11.9 Å². The molecular weight excluding hydrogens is 166 g/mol. The minimum Gasteiger partial charge on any atom is -0.480 e. The summed E-state index contributed by atoms with van der Waals surface area (Å²) < 4.78 is 0. The van der Waals surface area contributed by atoms with Gasteiger partial charge < -0.3 is 15.3 Å². The SMILES string of the molecule is CCN(CC(=O)O)C(O)C(=O)O. The van der Waals surface area contributed by atoms with Crippen molar-refractivity contribution in [3.8, 4) is 0 Å². The first-order valence-electron chi connectivity index (χ1n) is 3.35. The van der Waals surface area contributed by atoms with Gasteiger partial charge in [0.1, 0.15) is 0 Å². The summed E-state index contributed by atoms with van der Waals surface area (Å²) >= 11 is 0. The predicted molar refractivity (Wildman–Crippen MR) is 38.5 cm³/mol. The Labute approximate surface area is 69.0 Å². The van der Waals surface area contributed by atoms with Crippen LogP contribution in [0.3, 0.4) is 0 Å². The maximum absolute atomic E-state index is 10.2. The molecule has 6 nitrogen and oxygen atoms in total. The Hall–Kier alpha value is -1.14. The van der Waals surface area contributed by atoms with Crippen LogP contribution >= 0.6 is 0 Å². The molecule has 0 saturated carbocycles. The molecule has 0 saturated heterocycles. The number of likely N-dealkylation sites (N-methyl/N-ethyl adjacent to an activating group) is 1. The minimum atomic E-state index is -1.74. The normalized spacial score (nSPS) is 12.9. The van der Waals surface area contributed by atoms with Crippen LogP contribution in [0.1, 0.15) is 6.92 Å². The maximum atomic E-state index is 10.2. The van der Waals surface area contributed by atoms with E-state index in [1.807, 2.05) is 0 Å². The second-order valence-electron chi connectivity index (χ2n) is 2.17. The van der Waals surface area contributed by atoms with Crippen LogP contribution in [-0.4, -0.2) is 51.5 Å². The summed E-state index contributed by atoms with van der Waals surface area (Å²) in [4.78, 5) is 21.3. The number of hydrogen-bond donors (Lipinski definition) is 3. The number of carbonyl (C=O) groups is 2. The number of aliphatic hydroxyl groups excluding tert-OH is 1. The first-order valence-corrected chi connectivity index (χ1v) is 3.35. The average Bonchev–Trinajstić information content (AvgIpc) is 1.98. The lowest BCUT2D eigenvalue weighted by atomic mass is 10.4. The second-order valence-corrected chi connectivity index (χ2v) is 2.17. The lowest BCUT2D eigenvalue weighted by molar-refractivity contribution is -0.160. The fourth-order valence-electron chi connectivity index (χ4n) is 0.701. The molecule has 3 N–H and O–H groups in total. The third-order valence-electron chi connectivity index (χ3n) is 1.31. The summed E-state index contributed by atoms with van der Waals surface area (Å²) in [5, 5.41) is 25.5. The van der Waals surface area contributed by atoms with Gasteiger partial charge in [-0.3, -0.25) is 9.69 Å². The molecule has 1 unspecified atom stereocenters. The molecule has 0 radical (unpaired) electrons. The number of nitrogens with zero attached hydrogens (tertiary/aromatic N) is 1. The zero-order valence-electron chi connectivity index (χ0n) is 6.60. The third kappa shape index (κ3) is 3.31. The molecule has 0 aromatic heterocycles. The Bertz CT molecular complexity index is 181. The van der Waals surface area contributed by atoms with E-state index in [1.54, 1.807) is 6.92 Å². The number of carboxylic acids is 2. The van der Waals surface area contributed by atoms with Gasteiger partial charge in [0.05, 0.1) is 6.54 Å². The number of aliphatic carboxylic acids is 2. The van der Waals surface area contributed by atoms with Gasteiger partial charge in [0.15, 0.2) is 0 Å². The Morgan fingerprint density at radius 3 is 2.17 bits per heavy atom. The maximum Gasteiger partial charge on any atom is 0.348 e. The lowest BCUT2D eigenvalue weighted by Crippen LogP contribution is -2.43. The van der Waals surface area contributed by atoms with Crippen molar-refractivity contribution in [2.45, 2.75) is 13.2 Å². The van der Waals surface area contributed by atoms with Crippen LogP contribution in [0.5, 0.6) is 0 Å². The van der Waals surface area contributed by atoms with Crippen molar-refractivity contribution >= 4 is 11.9 Å². The molecule has 0 amide bonds. The zero-order chi connectivity index (χ0) is 9.72. The summed E-state index contributed by atoms with van der Waals surface area (Å²) in [5.41, 5.74) is 0. The Balaban J connectivity index is 4.14. The molecule has 0 aromatic rings. The van der Waals surface area contributed by atoms with Crippen molar-refractivity contribution < 1.29 is 24.9 Å². The molecule has 0 aliphatic rings. The number of rotatable bonds is 5. The van der Waals surface area contributed by atoms with Gasteiger partial charge in [-0.25, -0.2) is 4.79 Å². The molecule has 0 heterocycles. The standard InChI is InChI=1S/C6H11NO5/c1-2-7(3-4(8)9)5(10)6(11)12/h5,10H,2-3H2,1H3,(H,8,9)(H,11,12). The van der Waals surface area contributed by atoms with E-state index in [1.165, 1.54) is 0 Å². The van der Waals surface area contributed by atoms with Gasteiger partial charge in [-0.15, -0.1) is 0 Å². The highest BCUT2D eigenvalue weighted by Crippen LogP contribution is 1.95. The molecule has 0 rings (SSSR count). The summed E-state index contributed by atoms with van der Waals surface area (Å²) in [6.07, 6.45) is -1.74. The van der Waals surface area contributed by atoms with E-state index >= 15 is 0 Å². The first kappa shape index (κ1) is 10.9. The second kappa shape index (κ2) is 4.68.